The van der Waals surface area contributed by atoms with Crippen molar-refractivity contribution in [3.05, 3.63) is 0 Å². The Balaban J connectivity index is 1.27. The van der Waals surface area contributed by atoms with E-state index in [2.05, 4.69) is 35.1 Å². The number of nitrogens with one attached hydrogen (secondary N) is 4. The standard InChI is InChI=1S/C41H67N7O5/c1-7-13-28(31(49)36(52)44-27-17-18-27)45-34(50)29-22-41(39(5,6)40(41)19-12-20-40)24-48(29)37(53)32(38(2,3)4)47-35(51)30(25-14-9-8-10-15-25)46-33(42)26-16-11-21-43-23-26/h25-30,32,43H,7-24H2,1-6H3,(H2,42,46)(H,44,52)(H,45,50)(H,47,51)/t26-,28+,29+,30?,32-,41-/m1/s1. The van der Waals surface area contributed by atoms with Crippen molar-refractivity contribution in [2.75, 3.05) is 19.6 Å². The van der Waals surface area contributed by atoms with Gasteiger partial charge >= 0.3 is 0 Å². The quantitative estimate of drug-likeness (QED) is 0.109. The molecule has 6 atom stereocenters. The average molecular weight is 738 g/mol. The van der Waals surface area contributed by atoms with Crippen LogP contribution in [0.5, 0.6) is 0 Å². The van der Waals surface area contributed by atoms with Crippen molar-refractivity contribution in [1.29, 1.82) is 0 Å². The second-order valence-corrected chi connectivity index (χ2v) is 19.0. The smallest absolute Gasteiger partial charge is 0.289 e. The summed E-state index contributed by atoms with van der Waals surface area (Å²) in [5.41, 5.74) is 5.68. The van der Waals surface area contributed by atoms with Crippen LogP contribution in [-0.4, -0.2) is 90.0 Å². The van der Waals surface area contributed by atoms with Gasteiger partial charge in [0.05, 0.1) is 11.9 Å². The molecule has 6 rings (SSSR count). The highest BCUT2D eigenvalue weighted by Gasteiger charge is 2.85. The number of nitrogens with two attached hydrogens (primary N) is 1. The number of aliphatic imine (C=N–C) groups is 1. The Bertz CT molecular complexity index is 1450. The van der Waals surface area contributed by atoms with Gasteiger partial charge in [0.15, 0.2) is 0 Å². The number of amides is 4. The van der Waals surface area contributed by atoms with E-state index >= 15 is 4.79 Å². The predicted molar refractivity (Wildman–Crippen MR) is 205 cm³/mol. The van der Waals surface area contributed by atoms with Crippen LogP contribution in [0.15, 0.2) is 4.99 Å². The lowest BCUT2D eigenvalue weighted by atomic mass is 9.73. The molecule has 6 N–H and O–H groups in total. The summed E-state index contributed by atoms with van der Waals surface area (Å²) in [6, 6.07) is -3.39. The molecule has 2 saturated heterocycles. The number of hydrogen-bond donors (Lipinski definition) is 5. The Morgan fingerprint density at radius 3 is 2.17 bits per heavy atom. The Hall–Kier alpha value is -3.02. The molecule has 4 aliphatic carbocycles. The number of ketones is 1. The van der Waals surface area contributed by atoms with Crippen molar-refractivity contribution in [2.24, 2.45) is 44.2 Å². The first-order valence-corrected chi connectivity index (χ1v) is 20.9. The van der Waals surface area contributed by atoms with Crippen LogP contribution in [-0.2, 0) is 24.0 Å². The maximum absolute atomic E-state index is 15.1. The summed E-state index contributed by atoms with van der Waals surface area (Å²) in [6.45, 7) is 14.4. The Morgan fingerprint density at radius 2 is 1.62 bits per heavy atom. The molecule has 2 heterocycles. The highest BCUT2D eigenvalue weighted by Crippen LogP contribution is 2.88. The van der Waals surface area contributed by atoms with Crippen LogP contribution in [0.1, 0.15) is 138 Å². The van der Waals surface area contributed by atoms with Crippen molar-refractivity contribution in [3.63, 3.8) is 0 Å². The number of carbonyl (C=O) groups excluding carboxylic acids is 5. The van der Waals surface area contributed by atoms with Gasteiger partial charge in [-0.2, -0.15) is 0 Å². The van der Waals surface area contributed by atoms with Gasteiger partial charge in [-0.25, -0.2) is 0 Å². The number of piperidine rings is 1. The summed E-state index contributed by atoms with van der Waals surface area (Å²) in [7, 11) is 0. The molecule has 4 saturated carbocycles. The van der Waals surface area contributed by atoms with E-state index in [1.807, 2.05) is 27.7 Å². The fraction of sp³-hybridized carbons (Fsp3) is 0.854. The molecule has 2 aliphatic heterocycles. The number of amidine groups is 1. The maximum Gasteiger partial charge on any atom is 0.289 e. The number of hydrogen-bond acceptors (Lipinski definition) is 7. The Morgan fingerprint density at radius 1 is 0.925 bits per heavy atom. The van der Waals surface area contributed by atoms with E-state index in [1.54, 1.807) is 4.90 Å². The third kappa shape index (κ3) is 7.51. The molecule has 0 bridgehead atoms. The van der Waals surface area contributed by atoms with Crippen LogP contribution in [0, 0.1) is 33.5 Å². The summed E-state index contributed by atoms with van der Waals surface area (Å²) in [4.78, 5) is 76.7. The molecule has 6 aliphatic rings. The largest absolute Gasteiger partial charge is 0.387 e. The first-order chi connectivity index (χ1) is 25.1. The molecule has 0 aromatic carbocycles. The number of carbonyl (C=O) groups is 5. The zero-order chi connectivity index (χ0) is 38.3. The van der Waals surface area contributed by atoms with Crippen LogP contribution >= 0.6 is 0 Å². The van der Waals surface area contributed by atoms with E-state index in [0.29, 0.717) is 31.6 Å². The number of likely N-dealkylation sites (tertiary alicyclic amines) is 1. The SMILES string of the molecule is CCC[C@H](NC(=O)[C@@H]1C[C@@]2(CN1C(=O)[C@@H](NC(=O)C(N=C(N)[C@@H]1CCCNC1)C1CCCCC1)C(C)(C)C)C(C)(C)C21CCC1)C(=O)C(=O)NC1CC1. The van der Waals surface area contributed by atoms with E-state index in [1.165, 1.54) is 0 Å². The molecule has 4 amide bonds. The maximum atomic E-state index is 15.1. The summed E-state index contributed by atoms with van der Waals surface area (Å²) in [5.74, 6) is -1.67. The average Bonchev–Trinajstić information content (AvgIpc) is 3.94. The minimum absolute atomic E-state index is 0.0247. The Labute approximate surface area is 316 Å². The molecular formula is C41H67N7O5. The molecule has 2 spiro atoms. The summed E-state index contributed by atoms with van der Waals surface area (Å²) < 4.78 is 0. The first kappa shape index (κ1) is 39.7. The Kier molecular flexibility index (Phi) is 11.4. The molecule has 6 fully saturated rings. The molecule has 296 valence electrons. The van der Waals surface area contributed by atoms with E-state index < -0.39 is 47.2 Å². The van der Waals surface area contributed by atoms with Crippen LogP contribution in [0.25, 0.3) is 0 Å². The number of fused-ring (bicyclic) bond motifs is 1. The molecule has 0 radical (unpaired) electrons. The minimum Gasteiger partial charge on any atom is -0.387 e. The second kappa shape index (κ2) is 15.3. The van der Waals surface area contributed by atoms with Crippen LogP contribution in [0.4, 0.5) is 0 Å². The van der Waals surface area contributed by atoms with E-state index in [-0.39, 0.29) is 45.9 Å². The zero-order valence-electron chi connectivity index (χ0n) is 33.3. The third-order valence-electron chi connectivity index (χ3n) is 14.5. The molecular weight excluding hydrogens is 670 g/mol. The van der Waals surface area contributed by atoms with Gasteiger partial charge < -0.3 is 31.9 Å². The normalized spacial score (nSPS) is 29.8. The van der Waals surface area contributed by atoms with E-state index in [0.717, 1.165) is 90.1 Å². The molecule has 0 aromatic heterocycles. The van der Waals surface area contributed by atoms with Crippen molar-refractivity contribution in [2.45, 2.75) is 168 Å². The lowest BCUT2D eigenvalue weighted by molar-refractivity contribution is -0.145. The predicted octanol–water partition coefficient (Wildman–Crippen LogP) is 3.75. The number of rotatable bonds is 13. The minimum atomic E-state index is -0.971. The third-order valence-corrected chi connectivity index (χ3v) is 14.5. The highest BCUT2D eigenvalue weighted by molar-refractivity contribution is 6.38. The molecule has 12 nitrogen and oxygen atoms in total. The van der Waals surface area contributed by atoms with Crippen molar-refractivity contribution < 1.29 is 24.0 Å². The monoisotopic (exact) mass is 738 g/mol. The summed E-state index contributed by atoms with van der Waals surface area (Å²) in [6.07, 6.45) is 13.3. The van der Waals surface area contributed by atoms with Gasteiger partial charge in [-0.3, -0.25) is 29.0 Å². The fourth-order valence-corrected chi connectivity index (χ4v) is 10.8. The molecule has 53 heavy (non-hydrogen) atoms. The summed E-state index contributed by atoms with van der Waals surface area (Å²) in [5, 5.41) is 12.3. The van der Waals surface area contributed by atoms with Gasteiger partial charge in [-0.05, 0) is 92.9 Å². The highest BCUT2D eigenvalue weighted by atomic mass is 16.2. The van der Waals surface area contributed by atoms with Gasteiger partial charge in [0.1, 0.15) is 18.1 Å². The zero-order valence-corrected chi connectivity index (χ0v) is 33.3. The van der Waals surface area contributed by atoms with E-state index in [9.17, 15) is 19.2 Å². The lowest BCUT2D eigenvalue weighted by Crippen LogP contribution is -2.60. The first-order valence-electron chi connectivity index (χ1n) is 20.9. The van der Waals surface area contributed by atoms with Gasteiger partial charge in [0.2, 0.25) is 23.5 Å². The summed E-state index contributed by atoms with van der Waals surface area (Å²) >= 11 is 0. The fourth-order valence-electron chi connectivity index (χ4n) is 10.8. The van der Waals surface area contributed by atoms with Crippen LogP contribution in [0.3, 0.4) is 0 Å². The number of nitrogens with zero attached hydrogens (tertiary/aromatic N) is 2. The van der Waals surface area contributed by atoms with E-state index in [4.69, 9.17) is 10.7 Å². The lowest BCUT2D eigenvalue weighted by Gasteiger charge is -2.37. The van der Waals surface area contributed by atoms with Gasteiger partial charge in [-0.1, -0.05) is 73.6 Å². The molecule has 12 heteroatoms. The topological polar surface area (TPSA) is 175 Å². The molecule has 0 aromatic rings. The number of Topliss-reactive ketones (excluding diaryl/α,β-unsaturated/α-hetero) is 1. The van der Waals surface area contributed by atoms with Gasteiger partial charge in [0, 0.05) is 30.5 Å². The van der Waals surface area contributed by atoms with Crippen LogP contribution in [0.2, 0.25) is 0 Å². The van der Waals surface area contributed by atoms with Crippen LogP contribution < -0.4 is 27.0 Å². The van der Waals surface area contributed by atoms with Gasteiger partial charge in [0.25, 0.3) is 5.91 Å². The van der Waals surface area contributed by atoms with Gasteiger partial charge in [-0.15, -0.1) is 0 Å². The molecule has 1 unspecified atom stereocenters. The van der Waals surface area contributed by atoms with Crippen molar-refractivity contribution in [1.82, 2.24) is 26.2 Å². The van der Waals surface area contributed by atoms with Crippen molar-refractivity contribution in [3.8, 4) is 0 Å². The second-order valence-electron chi connectivity index (χ2n) is 19.0. The van der Waals surface area contributed by atoms with Crippen molar-refractivity contribution >= 4 is 35.2 Å².